The van der Waals surface area contributed by atoms with Gasteiger partial charge in [0, 0.05) is 37.7 Å². The number of benzene rings is 2. The normalized spacial score (nSPS) is 14.0. The van der Waals surface area contributed by atoms with E-state index in [1.807, 2.05) is 36.4 Å². The average Bonchev–Trinajstić information content (AvgIpc) is 2.78. The van der Waals surface area contributed by atoms with E-state index in [0.717, 1.165) is 11.1 Å². The molecule has 2 aromatic carbocycles. The molecule has 0 saturated carbocycles. The zero-order chi connectivity index (χ0) is 21.0. The van der Waals surface area contributed by atoms with Gasteiger partial charge in [0.1, 0.15) is 0 Å². The van der Waals surface area contributed by atoms with Gasteiger partial charge < -0.3 is 10.6 Å². The van der Waals surface area contributed by atoms with Gasteiger partial charge >= 0.3 is 6.03 Å². The molecule has 0 unspecified atom stereocenters. The number of sulfonamides is 1. The van der Waals surface area contributed by atoms with Gasteiger partial charge in [-0.25, -0.2) is 13.2 Å². The van der Waals surface area contributed by atoms with E-state index in [4.69, 9.17) is 0 Å². The number of amides is 2. The highest BCUT2D eigenvalue weighted by Gasteiger charge is 2.28. The van der Waals surface area contributed by atoms with Crippen LogP contribution >= 0.6 is 0 Å². The second-order valence-corrected chi connectivity index (χ2v) is 8.98. The summed E-state index contributed by atoms with van der Waals surface area (Å²) in [6, 6.07) is 17.4. The molecule has 0 saturated heterocycles. The molecule has 0 aliphatic carbocycles. The minimum atomic E-state index is -3.60. The van der Waals surface area contributed by atoms with Gasteiger partial charge in [0.15, 0.2) is 0 Å². The predicted molar refractivity (Wildman–Crippen MR) is 114 cm³/mol. The monoisotopic (exact) mass is 422 g/mol. The van der Waals surface area contributed by atoms with Crippen LogP contribution in [0.1, 0.15) is 16.7 Å². The first-order chi connectivity index (χ1) is 14.5. The Hall–Kier alpha value is -3.23. The molecule has 30 heavy (non-hydrogen) atoms. The second-order valence-electron chi connectivity index (χ2n) is 7.04. The molecule has 2 heterocycles. The average molecular weight is 423 g/mol. The number of nitrogens with one attached hydrogen (secondary N) is 2. The van der Waals surface area contributed by atoms with Crippen LogP contribution in [-0.4, -0.2) is 30.3 Å². The topological polar surface area (TPSA) is 91.4 Å². The summed E-state index contributed by atoms with van der Waals surface area (Å²) in [5, 5.41) is 5.46. The number of pyridine rings is 1. The molecule has 7 nitrogen and oxygen atoms in total. The number of nitrogens with zero attached hydrogens (tertiary/aromatic N) is 2. The lowest BCUT2D eigenvalue weighted by Gasteiger charge is -2.28. The molecule has 2 N–H and O–H groups in total. The van der Waals surface area contributed by atoms with Gasteiger partial charge in [0.05, 0.1) is 4.90 Å². The maximum absolute atomic E-state index is 13.0. The molecule has 154 valence electrons. The van der Waals surface area contributed by atoms with Gasteiger partial charge in [-0.15, -0.1) is 0 Å². The van der Waals surface area contributed by atoms with Crippen LogP contribution in [0.2, 0.25) is 0 Å². The van der Waals surface area contributed by atoms with Crippen molar-refractivity contribution in [1.29, 1.82) is 0 Å². The molecule has 1 aromatic heterocycles. The maximum atomic E-state index is 13.0. The van der Waals surface area contributed by atoms with Crippen molar-refractivity contribution in [3.63, 3.8) is 0 Å². The summed E-state index contributed by atoms with van der Waals surface area (Å²) in [5.41, 5.74) is 3.69. The zero-order valence-corrected chi connectivity index (χ0v) is 17.1. The van der Waals surface area contributed by atoms with Crippen molar-refractivity contribution in [3.8, 4) is 0 Å². The molecule has 1 aliphatic rings. The maximum Gasteiger partial charge on any atom is 0.319 e. The van der Waals surface area contributed by atoms with Gasteiger partial charge in [-0.05, 0) is 59.5 Å². The van der Waals surface area contributed by atoms with Crippen LogP contribution in [0.5, 0.6) is 0 Å². The minimum Gasteiger partial charge on any atom is -0.334 e. The smallest absolute Gasteiger partial charge is 0.319 e. The SMILES string of the molecule is O=C(NCc1ccncc1)Nc1ccc(S(=O)(=O)N2CCc3ccccc3C2)cc1. The highest BCUT2D eigenvalue weighted by Crippen LogP contribution is 2.25. The fraction of sp³-hybridized carbons (Fsp3) is 0.182. The molecular weight excluding hydrogens is 400 g/mol. The molecule has 0 spiro atoms. The Bertz CT molecular complexity index is 1130. The highest BCUT2D eigenvalue weighted by atomic mass is 32.2. The summed E-state index contributed by atoms with van der Waals surface area (Å²) < 4.78 is 27.5. The van der Waals surface area contributed by atoms with Gasteiger partial charge in [-0.1, -0.05) is 24.3 Å². The van der Waals surface area contributed by atoms with Crippen molar-refractivity contribution >= 4 is 21.7 Å². The van der Waals surface area contributed by atoms with Crippen LogP contribution < -0.4 is 10.6 Å². The number of rotatable bonds is 5. The first-order valence-corrected chi connectivity index (χ1v) is 11.1. The van der Waals surface area contributed by atoms with E-state index < -0.39 is 10.0 Å². The predicted octanol–water partition coefficient (Wildman–Crippen LogP) is 3.15. The highest BCUT2D eigenvalue weighted by molar-refractivity contribution is 7.89. The van der Waals surface area contributed by atoms with Gasteiger partial charge in [0.25, 0.3) is 0 Å². The van der Waals surface area contributed by atoms with E-state index in [2.05, 4.69) is 15.6 Å². The first kappa shape index (κ1) is 20.1. The number of aromatic nitrogens is 1. The first-order valence-electron chi connectivity index (χ1n) is 9.63. The van der Waals surface area contributed by atoms with Crippen molar-refractivity contribution in [2.24, 2.45) is 0 Å². The van der Waals surface area contributed by atoms with Crippen molar-refractivity contribution in [3.05, 3.63) is 89.7 Å². The Balaban J connectivity index is 1.38. The van der Waals surface area contributed by atoms with Gasteiger partial charge in [-0.2, -0.15) is 4.31 Å². The van der Waals surface area contributed by atoms with Crippen molar-refractivity contribution in [2.45, 2.75) is 24.4 Å². The van der Waals surface area contributed by atoms with E-state index in [1.165, 1.54) is 22.0 Å². The Morgan fingerprint density at radius 3 is 2.40 bits per heavy atom. The summed E-state index contributed by atoms with van der Waals surface area (Å²) in [5.74, 6) is 0. The summed E-state index contributed by atoms with van der Waals surface area (Å²) in [4.78, 5) is 16.2. The number of urea groups is 1. The third kappa shape index (κ3) is 4.50. The van der Waals surface area contributed by atoms with Crippen LogP contribution in [0.4, 0.5) is 10.5 Å². The summed E-state index contributed by atoms with van der Waals surface area (Å²) in [6.45, 7) is 1.20. The van der Waals surface area contributed by atoms with Gasteiger partial charge in [0.2, 0.25) is 10.0 Å². The van der Waals surface area contributed by atoms with E-state index >= 15 is 0 Å². The van der Waals surface area contributed by atoms with E-state index in [9.17, 15) is 13.2 Å². The fourth-order valence-electron chi connectivity index (χ4n) is 3.39. The minimum absolute atomic E-state index is 0.213. The molecule has 1 aliphatic heterocycles. The number of hydrogen-bond donors (Lipinski definition) is 2. The summed E-state index contributed by atoms with van der Waals surface area (Å²) in [6.07, 6.45) is 4.02. The lowest BCUT2D eigenvalue weighted by atomic mass is 10.0. The number of hydrogen-bond acceptors (Lipinski definition) is 4. The molecule has 8 heteroatoms. The van der Waals surface area contributed by atoms with Crippen LogP contribution in [0.15, 0.2) is 78.0 Å². The Morgan fingerprint density at radius 1 is 0.967 bits per heavy atom. The molecular formula is C22H22N4O3S. The molecule has 0 fully saturated rings. The van der Waals surface area contributed by atoms with E-state index in [1.54, 1.807) is 24.5 Å². The molecule has 0 bridgehead atoms. The fourth-order valence-corrected chi connectivity index (χ4v) is 4.81. The Morgan fingerprint density at radius 2 is 1.67 bits per heavy atom. The number of carbonyl (C=O) groups is 1. The summed E-state index contributed by atoms with van der Waals surface area (Å²) >= 11 is 0. The van der Waals surface area contributed by atoms with Crippen LogP contribution in [0, 0.1) is 0 Å². The lowest BCUT2D eigenvalue weighted by molar-refractivity contribution is 0.251. The number of carbonyl (C=O) groups excluding carboxylic acids is 1. The second kappa shape index (κ2) is 8.64. The molecule has 0 radical (unpaired) electrons. The van der Waals surface area contributed by atoms with E-state index in [-0.39, 0.29) is 10.9 Å². The third-order valence-corrected chi connectivity index (χ3v) is 6.91. The lowest BCUT2D eigenvalue weighted by Crippen LogP contribution is -2.35. The molecule has 4 rings (SSSR count). The van der Waals surface area contributed by atoms with Crippen molar-refractivity contribution in [1.82, 2.24) is 14.6 Å². The van der Waals surface area contributed by atoms with Crippen LogP contribution in [0.25, 0.3) is 0 Å². The molecule has 2 amide bonds. The van der Waals surface area contributed by atoms with Gasteiger partial charge in [-0.3, -0.25) is 4.98 Å². The van der Waals surface area contributed by atoms with Crippen molar-refractivity contribution in [2.75, 3.05) is 11.9 Å². The Kier molecular flexibility index (Phi) is 5.78. The standard InChI is InChI=1S/C22H22N4O3S/c27-22(24-15-17-9-12-23-13-10-17)25-20-5-7-21(8-6-20)30(28,29)26-14-11-18-3-1-2-4-19(18)16-26/h1-10,12-13H,11,14-16H2,(H2,24,25,27). The Labute approximate surface area is 175 Å². The van der Waals surface area contributed by atoms with Crippen molar-refractivity contribution < 1.29 is 13.2 Å². The number of anilines is 1. The largest absolute Gasteiger partial charge is 0.334 e. The summed E-state index contributed by atoms with van der Waals surface area (Å²) in [7, 11) is -3.60. The quantitative estimate of drug-likeness (QED) is 0.661. The number of fused-ring (bicyclic) bond motifs is 1. The zero-order valence-electron chi connectivity index (χ0n) is 16.3. The third-order valence-electron chi connectivity index (χ3n) is 5.05. The van der Waals surface area contributed by atoms with Crippen LogP contribution in [-0.2, 0) is 29.5 Å². The molecule has 3 aromatic rings. The van der Waals surface area contributed by atoms with Crippen LogP contribution in [0.3, 0.4) is 0 Å². The van der Waals surface area contributed by atoms with E-state index in [0.29, 0.717) is 31.7 Å². The molecule has 0 atom stereocenters.